The van der Waals surface area contributed by atoms with Gasteiger partial charge < -0.3 is 20.5 Å². The van der Waals surface area contributed by atoms with Gasteiger partial charge in [0.15, 0.2) is 5.11 Å². The number of phenols is 1. The van der Waals surface area contributed by atoms with Crippen molar-refractivity contribution in [2.75, 3.05) is 6.61 Å². The fourth-order valence-electron chi connectivity index (χ4n) is 3.39. The second-order valence-electron chi connectivity index (χ2n) is 9.26. The Balaban J connectivity index is 2.75. The Morgan fingerprint density at radius 3 is 2.07 bits per heavy atom. The fourth-order valence-corrected chi connectivity index (χ4v) is 3.66. The molecule has 0 radical (unpaired) electrons. The number of carbonyl (C=O) groups excluding carboxylic acids is 1. The van der Waals surface area contributed by atoms with Gasteiger partial charge in [-0.1, -0.05) is 41.5 Å². The smallest absolute Gasteiger partial charge is 0.338 e. The van der Waals surface area contributed by atoms with E-state index in [0.717, 1.165) is 16.7 Å². The number of thiocarbonyl (C=S) groups is 1. The van der Waals surface area contributed by atoms with Gasteiger partial charge in [-0.25, -0.2) is 4.79 Å². The summed E-state index contributed by atoms with van der Waals surface area (Å²) in [7, 11) is 0. The van der Waals surface area contributed by atoms with E-state index in [1.165, 1.54) is 0 Å². The first-order valence-corrected chi connectivity index (χ1v) is 10.0. The maximum absolute atomic E-state index is 12.7. The minimum atomic E-state index is -0.449. The van der Waals surface area contributed by atoms with Crippen molar-refractivity contribution in [3.63, 3.8) is 0 Å². The predicted molar refractivity (Wildman–Crippen MR) is 116 cm³/mol. The summed E-state index contributed by atoms with van der Waals surface area (Å²) in [4.78, 5) is 12.7. The molecule has 0 aromatic heterocycles. The maximum Gasteiger partial charge on any atom is 0.338 e. The quantitative estimate of drug-likeness (QED) is 0.514. The molecule has 0 spiro atoms. The molecular formula is C22H32N2O3S. The summed E-state index contributed by atoms with van der Waals surface area (Å²) >= 11 is 5.34. The second kappa shape index (κ2) is 7.74. The van der Waals surface area contributed by atoms with Crippen molar-refractivity contribution in [1.29, 1.82) is 0 Å². The Hall–Kier alpha value is -2.08. The number of aromatic hydroxyl groups is 1. The van der Waals surface area contributed by atoms with E-state index in [2.05, 4.69) is 52.2 Å². The van der Waals surface area contributed by atoms with Crippen LogP contribution in [0, 0.1) is 0 Å². The first kappa shape index (κ1) is 22.2. The van der Waals surface area contributed by atoms with Gasteiger partial charge in [-0.15, -0.1) is 0 Å². The normalized spacial score (nSPS) is 17.9. The third-order valence-electron chi connectivity index (χ3n) is 4.85. The van der Waals surface area contributed by atoms with Gasteiger partial charge in [0.1, 0.15) is 5.75 Å². The molecule has 0 aliphatic carbocycles. The molecule has 0 saturated carbocycles. The van der Waals surface area contributed by atoms with Gasteiger partial charge in [-0.2, -0.15) is 0 Å². The van der Waals surface area contributed by atoms with Crippen LogP contribution in [0.25, 0.3) is 0 Å². The van der Waals surface area contributed by atoms with E-state index in [-0.39, 0.29) is 16.8 Å². The highest BCUT2D eigenvalue weighted by Gasteiger charge is 2.34. The second-order valence-corrected chi connectivity index (χ2v) is 9.66. The third kappa shape index (κ3) is 4.49. The number of phenolic OH excluding ortho intramolecular Hbond substituents is 1. The molecule has 0 saturated heterocycles. The largest absolute Gasteiger partial charge is 0.507 e. The van der Waals surface area contributed by atoms with E-state index in [9.17, 15) is 9.90 Å². The molecule has 1 aromatic carbocycles. The number of allylic oxidation sites excluding steroid dienone is 1. The molecule has 0 amide bonds. The van der Waals surface area contributed by atoms with Crippen LogP contribution in [-0.2, 0) is 20.4 Å². The Bertz CT molecular complexity index is 794. The third-order valence-corrected chi connectivity index (χ3v) is 5.07. The SMILES string of the molecule is CCOC(=O)C1=C(C)NC(=S)NC1c1cc(C(C)(C)C)c(O)c(C(C)(C)C)c1. The molecule has 1 unspecified atom stereocenters. The number of carbonyl (C=O) groups is 1. The summed E-state index contributed by atoms with van der Waals surface area (Å²) in [5.41, 5.74) is 3.19. The van der Waals surface area contributed by atoms with E-state index in [1.54, 1.807) is 6.92 Å². The van der Waals surface area contributed by atoms with Crippen LogP contribution in [0.3, 0.4) is 0 Å². The lowest BCUT2D eigenvalue weighted by atomic mass is 9.77. The first-order chi connectivity index (χ1) is 12.8. The van der Waals surface area contributed by atoms with Crippen LogP contribution in [0.4, 0.5) is 0 Å². The van der Waals surface area contributed by atoms with Crippen LogP contribution in [0.5, 0.6) is 5.75 Å². The van der Waals surface area contributed by atoms with Crippen LogP contribution in [0.15, 0.2) is 23.4 Å². The number of nitrogens with one attached hydrogen (secondary N) is 2. The van der Waals surface area contributed by atoms with E-state index in [0.29, 0.717) is 28.7 Å². The molecule has 3 N–H and O–H groups in total. The van der Waals surface area contributed by atoms with Crippen molar-refractivity contribution in [2.24, 2.45) is 0 Å². The topological polar surface area (TPSA) is 70.6 Å². The molecule has 6 heteroatoms. The zero-order valence-corrected chi connectivity index (χ0v) is 18.9. The Morgan fingerprint density at radius 1 is 1.14 bits per heavy atom. The van der Waals surface area contributed by atoms with Crippen LogP contribution in [-0.4, -0.2) is 22.8 Å². The molecule has 1 heterocycles. The molecule has 5 nitrogen and oxygen atoms in total. The van der Waals surface area contributed by atoms with Crippen LogP contribution in [0.1, 0.15) is 78.1 Å². The van der Waals surface area contributed by atoms with Gasteiger partial charge in [-0.05, 0) is 65.7 Å². The lowest BCUT2D eigenvalue weighted by Crippen LogP contribution is -2.45. The first-order valence-electron chi connectivity index (χ1n) is 9.60. The lowest BCUT2D eigenvalue weighted by Gasteiger charge is -2.33. The zero-order valence-electron chi connectivity index (χ0n) is 18.1. The van der Waals surface area contributed by atoms with Gasteiger partial charge in [0.25, 0.3) is 0 Å². The Kier molecular flexibility index (Phi) is 6.14. The minimum absolute atomic E-state index is 0.267. The lowest BCUT2D eigenvalue weighted by molar-refractivity contribution is -0.139. The number of ether oxygens (including phenoxy) is 1. The molecule has 0 bridgehead atoms. The maximum atomic E-state index is 12.7. The molecule has 1 atom stereocenters. The number of hydrogen-bond acceptors (Lipinski definition) is 4. The molecule has 154 valence electrons. The van der Waals surface area contributed by atoms with Gasteiger partial charge in [-0.3, -0.25) is 0 Å². The summed E-state index contributed by atoms with van der Waals surface area (Å²) < 4.78 is 5.29. The highest BCUT2D eigenvalue weighted by molar-refractivity contribution is 7.80. The highest BCUT2D eigenvalue weighted by Crippen LogP contribution is 2.42. The molecule has 2 rings (SSSR count). The van der Waals surface area contributed by atoms with Crippen LogP contribution < -0.4 is 10.6 Å². The number of hydrogen-bond donors (Lipinski definition) is 3. The number of esters is 1. The van der Waals surface area contributed by atoms with E-state index >= 15 is 0 Å². The van der Waals surface area contributed by atoms with E-state index in [1.807, 2.05) is 19.1 Å². The monoisotopic (exact) mass is 404 g/mol. The van der Waals surface area contributed by atoms with Crippen molar-refractivity contribution >= 4 is 23.3 Å². The molecule has 0 fully saturated rings. The van der Waals surface area contributed by atoms with Gasteiger partial charge in [0, 0.05) is 5.70 Å². The summed E-state index contributed by atoms with van der Waals surface area (Å²) in [5, 5.41) is 17.7. The van der Waals surface area contributed by atoms with Crippen molar-refractivity contribution in [3.8, 4) is 5.75 Å². The molecule has 1 aliphatic heterocycles. The summed E-state index contributed by atoms with van der Waals surface area (Å²) in [6.45, 7) is 16.3. The van der Waals surface area contributed by atoms with Gasteiger partial charge in [0.2, 0.25) is 0 Å². The molecule has 1 aromatic rings. The summed E-state index contributed by atoms with van der Waals surface area (Å²) in [5.74, 6) is -0.0751. The van der Waals surface area contributed by atoms with Crippen molar-refractivity contribution < 1.29 is 14.6 Å². The Morgan fingerprint density at radius 2 is 1.64 bits per heavy atom. The van der Waals surface area contributed by atoms with Crippen molar-refractivity contribution in [1.82, 2.24) is 10.6 Å². The zero-order chi connectivity index (χ0) is 21.4. The van der Waals surface area contributed by atoms with Crippen molar-refractivity contribution in [3.05, 3.63) is 40.1 Å². The van der Waals surface area contributed by atoms with Crippen molar-refractivity contribution in [2.45, 2.75) is 72.3 Å². The van der Waals surface area contributed by atoms with Gasteiger partial charge in [0.05, 0.1) is 18.2 Å². The van der Waals surface area contributed by atoms with E-state index in [4.69, 9.17) is 17.0 Å². The fraction of sp³-hybridized carbons (Fsp3) is 0.545. The highest BCUT2D eigenvalue weighted by atomic mass is 32.1. The van der Waals surface area contributed by atoms with Gasteiger partial charge >= 0.3 is 5.97 Å². The number of rotatable bonds is 3. The average Bonchev–Trinajstić information content (AvgIpc) is 2.52. The minimum Gasteiger partial charge on any atom is -0.507 e. The van der Waals surface area contributed by atoms with Crippen LogP contribution in [0.2, 0.25) is 0 Å². The van der Waals surface area contributed by atoms with Crippen LogP contribution >= 0.6 is 12.2 Å². The standard InChI is InChI=1S/C22H32N2O3S/c1-9-27-19(26)16-12(2)23-20(28)24-17(16)13-10-14(21(3,4)5)18(25)15(11-13)22(6,7)8/h10-11,17,25H,9H2,1-8H3,(H2,23,24,28). The predicted octanol–water partition coefficient (Wildman–Crippen LogP) is 4.34. The van der Waals surface area contributed by atoms with E-state index < -0.39 is 6.04 Å². The summed E-state index contributed by atoms with van der Waals surface area (Å²) in [6.07, 6.45) is 0. The molecule has 1 aliphatic rings. The summed E-state index contributed by atoms with van der Waals surface area (Å²) in [6, 6.07) is 3.47. The number of benzene rings is 1. The molecular weight excluding hydrogens is 372 g/mol. The Labute approximate surface area is 173 Å². The molecule has 28 heavy (non-hydrogen) atoms. The average molecular weight is 405 g/mol.